The Balaban J connectivity index is 1.32. The normalized spacial score (nSPS) is 12.0. The van der Waals surface area contributed by atoms with Crippen LogP contribution in [0.3, 0.4) is 0 Å². The standard InChI is InChI=1S/C43H37N5O18S4/c1-65-32-20-29(43(52)48-31-18-27(68(56,57)58)14-23-16-35(70(62,63)64)39(41(50)37(23)31)46-25-11-7-4-8-12-25)33(66-2)19-28(32)42(51)47-30-17-26(67(53,54)55)13-22-15-34(69(59,60)61)38(40(49)36(22)30)45-21-44-24-9-5-3-6-10-24/h3-20,44H,21H2,1-2H3,(H10,45,46,47,48,49,50,51,52,53,54,55,56,57,58,59,60,61,62,63,64)/p-1. The van der Waals surface area contributed by atoms with Crippen LogP contribution in [0.15, 0.2) is 129 Å². The zero-order valence-electron chi connectivity index (χ0n) is 35.8. The van der Waals surface area contributed by atoms with Gasteiger partial charge in [-0.05, 0) is 71.4 Å². The SMILES string of the molecule is COc1cc(C(=O)Nc2cc(S(=O)(=O)O)cc3cc(S(=O)(=O)O)c(NCNc4ccccc4)c(O)c23)c(OC)cc1C(=O)Nc1cc(S(=O)(=O)O)cc2cc(S(=O)(=O)O)c([N-]c3ccccc3)c(O)c12. The lowest BCUT2D eigenvalue weighted by Crippen LogP contribution is -2.18. The van der Waals surface area contributed by atoms with Gasteiger partial charge in [0, 0.05) is 16.5 Å². The van der Waals surface area contributed by atoms with E-state index in [1.165, 1.54) is 24.3 Å². The first kappa shape index (κ1) is 50.1. The molecular formula is C43H36N5O18S4-. The van der Waals surface area contributed by atoms with Crippen molar-refractivity contribution in [1.29, 1.82) is 0 Å². The van der Waals surface area contributed by atoms with E-state index in [4.69, 9.17) is 9.47 Å². The third-order valence-electron chi connectivity index (χ3n) is 10.3. The number of fused-ring (bicyclic) bond motifs is 2. The molecule has 0 atom stereocenters. The van der Waals surface area contributed by atoms with Crippen molar-refractivity contribution in [2.75, 3.05) is 42.2 Å². The molecule has 7 rings (SSSR count). The zero-order valence-corrected chi connectivity index (χ0v) is 39.0. The molecule has 0 aliphatic heterocycles. The highest BCUT2D eigenvalue weighted by Gasteiger charge is 2.29. The van der Waals surface area contributed by atoms with Crippen molar-refractivity contribution in [3.8, 4) is 23.0 Å². The fourth-order valence-electron chi connectivity index (χ4n) is 7.16. The van der Waals surface area contributed by atoms with Gasteiger partial charge >= 0.3 is 0 Å². The van der Waals surface area contributed by atoms with Crippen LogP contribution in [0.25, 0.3) is 26.9 Å². The third kappa shape index (κ3) is 10.4. The van der Waals surface area contributed by atoms with Crippen molar-refractivity contribution in [2.45, 2.75) is 19.6 Å². The second-order valence-corrected chi connectivity index (χ2v) is 20.3. The van der Waals surface area contributed by atoms with Crippen LogP contribution in [-0.4, -0.2) is 94.8 Å². The van der Waals surface area contributed by atoms with E-state index in [0.29, 0.717) is 5.69 Å². The molecule has 0 unspecified atom stereocenters. The summed E-state index contributed by atoms with van der Waals surface area (Å²) in [6, 6.07) is 22.4. The van der Waals surface area contributed by atoms with Crippen LogP contribution >= 0.6 is 0 Å². The highest BCUT2D eigenvalue weighted by atomic mass is 32.2. The molecule has 10 N–H and O–H groups in total. The minimum atomic E-state index is -5.19. The van der Waals surface area contributed by atoms with Gasteiger partial charge in [-0.15, -0.1) is 5.69 Å². The number of phenolic OH excluding ortho intramolecular Hbond substituents is 2. The number of nitrogens with one attached hydrogen (secondary N) is 4. The lowest BCUT2D eigenvalue weighted by molar-refractivity contribution is 0.101. The molecule has 0 aliphatic carbocycles. The molecule has 0 aliphatic rings. The molecule has 0 heterocycles. The fourth-order valence-corrected chi connectivity index (χ4v) is 9.61. The number of para-hydroxylation sites is 2. The topological polar surface area (TPSA) is 373 Å². The number of phenols is 2. The van der Waals surface area contributed by atoms with Crippen LogP contribution in [0.2, 0.25) is 0 Å². The maximum Gasteiger partial charge on any atom is 0.296 e. The first-order valence-electron chi connectivity index (χ1n) is 19.6. The molecule has 0 saturated heterocycles. The summed E-state index contributed by atoms with van der Waals surface area (Å²) in [5, 5.41) is 36.0. The van der Waals surface area contributed by atoms with Crippen LogP contribution < -0.4 is 30.7 Å². The smallest absolute Gasteiger partial charge is 0.296 e. The molecule has 366 valence electrons. The summed E-state index contributed by atoms with van der Waals surface area (Å²) in [6.07, 6.45) is 0. The minimum Gasteiger partial charge on any atom is -0.654 e. The number of hydrogen-bond acceptors (Lipinski definition) is 16. The monoisotopic (exact) mass is 1040 g/mol. The number of hydrogen-bond donors (Lipinski definition) is 10. The van der Waals surface area contributed by atoms with E-state index in [0.717, 1.165) is 62.8 Å². The molecule has 7 aromatic carbocycles. The van der Waals surface area contributed by atoms with E-state index < -0.39 is 150 Å². The van der Waals surface area contributed by atoms with Crippen molar-refractivity contribution < 1.29 is 81.2 Å². The summed E-state index contributed by atoms with van der Waals surface area (Å²) >= 11 is 0. The number of ether oxygens (including phenoxy) is 2. The summed E-state index contributed by atoms with van der Waals surface area (Å²) < 4.78 is 151. The number of aromatic hydroxyl groups is 2. The van der Waals surface area contributed by atoms with E-state index in [1.54, 1.807) is 36.4 Å². The van der Waals surface area contributed by atoms with E-state index in [1.807, 2.05) is 0 Å². The molecule has 2 amide bonds. The Morgan fingerprint density at radius 2 is 0.986 bits per heavy atom. The molecule has 0 fully saturated rings. The van der Waals surface area contributed by atoms with Crippen LogP contribution in [-0.2, 0) is 40.5 Å². The average Bonchev–Trinajstić information content (AvgIpc) is 3.29. The highest BCUT2D eigenvalue weighted by Crippen LogP contribution is 2.49. The van der Waals surface area contributed by atoms with Gasteiger partial charge in [0.05, 0.1) is 63.8 Å². The number of amides is 2. The third-order valence-corrected chi connectivity index (χ3v) is 13.7. The number of carbonyl (C=O) groups excluding carboxylic acids is 2. The van der Waals surface area contributed by atoms with Crippen LogP contribution in [0.4, 0.5) is 34.1 Å². The van der Waals surface area contributed by atoms with Gasteiger partial charge in [-0.3, -0.25) is 27.8 Å². The fraction of sp³-hybridized carbons (Fsp3) is 0.0698. The number of rotatable bonds is 16. The van der Waals surface area contributed by atoms with Crippen molar-refractivity contribution in [3.63, 3.8) is 0 Å². The lowest BCUT2D eigenvalue weighted by Gasteiger charge is -2.27. The molecule has 7 aromatic rings. The Labute approximate surface area is 397 Å². The average molecular weight is 1040 g/mol. The van der Waals surface area contributed by atoms with Gasteiger partial charge in [0.1, 0.15) is 27.9 Å². The molecule has 0 aromatic heterocycles. The molecule has 0 spiro atoms. The van der Waals surface area contributed by atoms with Crippen LogP contribution in [0.5, 0.6) is 23.0 Å². The second-order valence-electron chi connectivity index (χ2n) is 14.7. The number of methoxy groups -OCH3 is 2. The van der Waals surface area contributed by atoms with Gasteiger partial charge in [-0.25, -0.2) is 0 Å². The maximum absolute atomic E-state index is 14.2. The van der Waals surface area contributed by atoms with Crippen molar-refractivity contribution in [2.24, 2.45) is 0 Å². The largest absolute Gasteiger partial charge is 0.654 e. The molecular weight excluding hydrogens is 1000 g/mol. The summed E-state index contributed by atoms with van der Waals surface area (Å²) in [5.41, 5.74) is -2.65. The summed E-state index contributed by atoms with van der Waals surface area (Å²) in [4.78, 5) is 24.7. The minimum absolute atomic E-state index is 0.0967. The Bertz CT molecular complexity index is 3750. The van der Waals surface area contributed by atoms with Gasteiger partial charge in [-0.1, -0.05) is 54.2 Å². The van der Waals surface area contributed by atoms with E-state index in [-0.39, 0.29) is 12.4 Å². The molecule has 27 heteroatoms. The van der Waals surface area contributed by atoms with Gasteiger partial charge < -0.3 is 46.3 Å². The van der Waals surface area contributed by atoms with Crippen LogP contribution in [0, 0.1) is 0 Å². The van der Waals surface area contributed by atoms with Gasteiger partial charge in [0.2, 0.25) is 0 Å². The second kappa shape index (κ2) is 19.0. The Hall–Kier alpha value is -7.76. The van der Waals surface area contributed by atoms with Gasteiger partial charge in [0.15, 0.2) is 0 Å². The lowest BCUT2D eigenvalue weighted by atomic mass is 10.0. The maximum atomic E-state index is 14.2. The van der Waals surface area contributed by atoms with E-state index in [9.17, 15) is 71.7 Å². The van der Waals surface area contributed by atoms with Gasteiger partial charge in [0.25, 0.3) is 52.3 Å². The van der Waals surface area contributed by atoms with E-state index in [2.05, 4.69) is 26.6 Å². The van der Waals surface area contributed by atoms with Crippen molar-refractivity contribution in [1.82, 2.24) is 0 Å². The van der Waals surface area contributed by atoms with Crippen LogP contribution in [0.1, 0.15) is 20.7 Å². The number of carbonyl (C=O) groups is 2. The predicted octanol–water partition coefficient (Wildman–Crippen LogP) is 6.73. The summed E-state index contributed by atoms with van der Waals surface area (Å²) in [6.45, 7) is -0.253. The molecule has 70 heavy (non-hydrogen) atoms. The predicted molar refractivity (Wildman–Crippen MR) is 254 cm³/mol. The van der Waals surface area contributed by atoms with Crippen molar-refractivity contribution >= 4 is 108 Å². The number of anilines is 4. The summed E-state index contributed by atoms with van der Waals surface area (Å²) in [5.74, 6) is -5.00. The first-order chi connectivity index (χ1) is 32.8. The molecule has 23 nitrogen and oxygen atoms in total. The van der Waals surface area contributed by atoms with E-state index >= 15 is 0 Å². The zero-order chi connectivity index (χ0) is 51.1. The quantitative estimate of drug-likeness (QED) is 0.0272. The summed E-state index contributed by atoms with van der Waals surface area (Å²) in [7, 11) is -18.4. The highest BCUT2D eigenvalue weighted by molar-refractivity contribution is 7.86. The van der Waals surface area contributed by atoms with Crippen molar-refractivity contribution in [3.05, 3.63) is 126 Å². The Morgan fingerprint density at radius 1 is 0.543 bits per heavy atom. The molecule has 0 radical (unpaired) electrons. The first-order valence-corrected chi connectivity index (χ1v) is 25.3. The van der Waals surface area contributed by atoms with Gasteiger partial charge in [-0.2, -0.15) is 33.7 Å². The molecule has 0 bridgehead atoms. The Morgan fingerprint density at radius 3 is 1.43 bits per heavy atom. The number of benzene rings is 7. The molecule has 0 saturated carbocycles. The Kier molecular flexibility index (Phi) is 13.6. The number of nitrogens with zero attached hydrogens (tertiary/aromatic N) is 1.